The molecule has 1 aliphatic carbocycles. The Morgan fingerprint density at radius 1 is 1.12 bits per heavy atom. The summed E-state index contributed by atoms with van der Waals surface area (Å²) in [5.74, 6) is 1.89. The van der Waals surface area contributed by atoms with Crippen LogP contribution in [0.3, 0.4) is 0 Å². The number of rotatable bonds is 5. The molecule has 7 nitrogen and oxygen atoms in total. The highest BCUT2D eigenvalue weighted by atomic mass is 16.1. The molecule has 0 aliphatic heterocycles. The normalized spacial score (nSPS) is 19.2. The van der Waals surface area contributed by atoms with Gasteiger partial charge in [-0.25, -0.2) is 9.97 Å². The summed E-state index contributed by atoms with van der Waals surface area (Å²) in [6.45, 7) is 4.55. The molecule has 0 bridgehead atoms. The van der Waals surface area contributed by atoms with E-state index in [1.165, 1.54) is 10.9 Å². The highest BCUT2D eigenvalue weighted by molar-refractivity contribution is 5.95. The number of H-pyrrole nitrogens is 2. The Morgan fingerprint density at radius 2 is 1.91 bits per heavy atom. The minimum Gasteiger partial charge on any atom is -0.384 e. The van der Waals surface area contributed by atoms with Crippen molar-refractivity contribution in [1.82, 2.24) is 24.8 Å². The van der Waals surface area contributed by atoms with Crippen molar-refractivity contribution in [2.24, 2.45) is 5.92 Å². The van der Waals surface area contributed by atoms with Crippen molar-refractivity contribution in [3.05, 3.63) is 41.7 Å². The van der Waals surface area contributed by atoms with E-state index in [-0.39, 0.29) is 5.92 Å². The molecule has 1 saturated carbocycles. The number of benzene rings is 1. The van der Waals surface area contributed by atoms with Crippen LogP contribution in [-0.2, 0) is 11.3 Å². The van der Waals surface area contributed by atoms with E-state index in [0.717, 1.165) is 60.3 Å². The van der Waals surface area contributed by atoms with Gasteiger partial charge < -0.3 is 15.7 Å². The fourth-order valence-electron chi connectivity index (χ4n) is 5.10. The van der Waals surface area contributed by atoms with E-state index >= 15 is 0 Å². The first-order valence-electron chi connectivity index (χ1n) is 11.3. The number of aromatic amines is 2. The Labute approximate surface area is 187 Å². The van der Waals surface area contributed by atoms with Gasteiger partial charge >= 0.3 is 0 Å². The molecule has 166 valence electrons. The molecule has 7 heteroatoms. The van der Waals surface area contributed by atoms with E-state index in [4.69, 9.17) is 5.73 Å². The number of carbonyl (C=O) groups excluding carboxylic acids is 1. The van der Waals surface area contributed by atoms with Crippen molar-refractivity contribution in [3.63, 3.8) is 0 Å². The number of imidazole rings is 1. The zero-order chi connectivity index (χ0) is 22.4. The van der Waals surface area contributed by atoms with Crippen LogP contribution in [0, 0.1) is 12.8 Å². The predicted molar refractivity (Wildman–Crippen MR) is 128 cm³/mol. The molecule has 0 saturated heterocycles. The fraction of sp³-hybridized carbons (Fsp3) is 0.400. The smallest absolute Gasteiger partial charge is 0.180 e. The molecular formula is C25H30N6O. The lowest BCUT2D eigenvalue weighted by atomic mass is 9.83. The maximum absolute atomic E-state index is 11.7. The second kappa shape index (κ2) is 8.06. The molecule has 5 rings (SSSR count). The first kappa shape index (κ1) is 20.7. The molecule has 0 amide bonds. The average molecular weight is 431 g/mol. The number of Topliss-reactive ketones (excluding diaryl/α,β-unsaturated/α-hetero) is 1. The largest absolute Gasteiger partial charge is 0.384 e. The molecule has 4 aromatic rings. The quantitative estimate of drug-likeness (QED) is 0.430. The molecule has 3 aromatic heterocycles. The summed E-state index contributed by atoms with van der Waals surface area (Å²) < 4.78 is 0. The molecule has 32 heavy (non-hydrogen) atoms. The maximum atomic E-state index is 11.7. The van der Waals surface area contributed by atoms with Gasteiger partial charge in [0.05, 0.1) is 5.52 Å². The zero-order valence-corrected chi connectivity index (χ0v) is 18.9. The van der Waals surface area contributed by atoms with Crippen molar-refractivity contribution < 1.29 is 4.79 Å². The lowest BCUT2D eigenvalue weighted by molar-refractivity contribution is -0.122. The molecule has 0 radical (unpaired) electrons. The van der Waals surface area contributed by atoms with Crippen LogP contribution in [0.25, 0.3) is 33.3 Å². The standard InChI is InChI=1S/C25H30N6O/c1-14(32)17-5-7-19(8-6-17)31(3)13-16-4-9-21-18(10-16)11-22(29-21)20-12-23(26)30-25-24(20)27-15(2)28-25/h4,9-12,17,19,29H,5-8,13H2,1-3H3,(H3,26,27,28,30). The highest BCUT2D eigenvalue weighted by Gasteiger charge is 2.26. The van der Waals surface area contributed by atoms with E-state index in [0.29, 0.717) is 23.3 Å². The van der Waals surface area contributed by atoms with Gasteiger partial charge in [-0.2, -0.15) is 0 Å². The highest BCUT2D eigenvalue weighted by Crippen LogP contribution is 2.32. The van der Waals surface area contributed by atoms with E-state index in [2.05, 4.69) is 56.1 Å². The number of pyridine rings is 1. The second-order valence-electron chi connectivity index (χ2n) is 9.25. The Morgan fingerprint density at radius 3 is 2.66 bits per heavy atom. The number of nitrogens with zero attached hydrogens (tertiary/aromatic N) is 3. The van der Waals surface area contributed by atoms with Crippen LogP contribution in [0.5, 0.6) is 0 Å². The van der Waals surface area contributed by atoms with E-state index in [1.54, 1.807) is 6.92 Å². The van der Waals surface area contributed by atoms with Crippen LogP contribution < -0.4 is 5.73 Å². The summed E-state index contributed by atoms with van der Waals surface area (Å²) in [4.78, 5) is 29.7. The Balaban J connectivity index is 1.38. The van der Waals surface area contributed by atoms with Crippen LogP contribution in [0.15, 0.2) is 30.3 Å². The predicted octanol–water partition coefficient (Wildman–Crippen LogP) is 4.58. The molecule has 1 aliphatic rings. The van der Waals surface area contributed by atoms with Crippen molar-refractivity contribution in [3.8, 4) is 11.3 Å². The number of hydrogen-bond donors (Lipinski definition) is 3. The number of anilines is 1. The summed E-state index contributed by atoms with van der Waals surface area (Å²) in [7, 11) is 2.20. The van der Waals surface area contributed by atoms with Gasteiger partial charge in [-0.3, -0.25) is 9.69 Å². The Bertz CT molecular complexity index is 1290. The molecule has 1 fully saturated rings. The van der Waals surface area contributed by atoms with Crippen molar-refractivity contribution in [1.29, 1.82) is 0 Å². The van der Waals surface area contributed by atoms with Crippen LogP contribution >= 0.6 is 0 Å². The SMILES string of the molecule is CC(=O)C1CCC(N(C)Cc2ccc3[nH]c(-c4cc(N)nc5nc(C)[nH]c45)cc3c2)CC1. The molecule has 1 aromatic carbocycles. The summed E-state index contributed by atoms with van der Waals surface area (Å²) in [6.07, 6.45) is 4.23. The summed E-state index contributed by atoms with van der Waals surface area (Å²) in [5, 5.41) is 1.17. The van der Waals surface area contributed by atoms with Gasteiger partial charge in [-0.15, -0.1) is 0 Å². The molecule has 0 atom stereocenters. The third kappa shape index (κ3) is 3.88. The minimum atomic E-state index is 0.265. The molecule has 0 spiro atoms. The maximum Gasteiger partial charge on any atom is 0.180 e. The van der Waals surface area contributed by atoms with Gasteiger partial charge in [-0.1, -0.05) is 6.07 Å². The lowest BCUT2D eigenvalue weighted by Crippen LogP contribution is -2.35. The average Bonchev–Trinajstić information content (AvgIpc) is 3.35. The number of hydrogen-bond acceptors (Lipinski definition) is 5. The number of nitrogens with one attached hydrogen (secondary N) is 2. The van der Waals surface area contributed by atoms with Gasteiger partial charge in [0.2, 0.25) is 0 Å². The lowest BCUT2D eigenvalue weighted by Gasteiger charge is -2.34. The van der Waals surface area contributed by atoms with E-state index in [9.17, 15) is 4.79 Å². The van der Waals surface area contributed by atoms with Gasteiger partial charge in [-0.05, 0) is 76.4 Å². The van der Waals surface area contributed by atoms with Gasteiger partial charge in [0.25, 0.3) is 0 Å². The summed E-state index contributed by atoms with van der Waals surface area (Å²) >= 11 is 0. The molecule has 4 N–H and O–H groups in total. The zero-order valence-electron chi connectivity index (χ0n) is 18.9. The summed E-state index contributed by atoms with van der Waals surface area (Å²) in [5.41, 5.74) is 11.9. The second-order valence-corrected chi connectivity index (χ2v) is 9.25. The number of fused-ring (bicyclic) bond motifs is 2. The van der Waals surface area contributed by atoms with Crippen LogP contribution in [0.2, 0.25) is 0 Å². The van der Waals surface area contributed by atoms with E-state index in [1.807, 2.05) is 13.0 Å². The third-order valence-corrected chi connectivity index (χ3v) is 6.90. The minimum absolute atomic E-state index is 0.265. The molecular weight excluding hydrogens is 400 g/mol. The first-order valence-corrected chi connectivity index (χ1v) is 11.3. The monoisotopic (exact) mass is 430 g/mol. The van der Waals surface area contributed by atoms with Crippen molar-refractivity contribution >= 4 is 33.7 Å². The Kier molecular flexibility index (Phi) is 5.21. The number of nitrogens with two attached hydrogens (primary N) is 1. The number of nitrogen functional groups attached to an aromatic ring is 1. The third-order valence-electron chi connectivity index (χ3n) is 6.90. The number of carbonyl (C=O) groups is 1. The summed E-state index contributed by atoms with van der Waals surface area (Å²) in [6, 6.07) is 11.2. The van der Waals surface area contributed by atoms with Gasteiger partial charge in [0.1, 0.15) is 17.4 Å². The van der Waals surface area contributed by atoms with E-state index < -0.39 is 0 Å². The van der Waals surface area contributed by atoms with Crippen LogP contribution in [-0.4, -0.2) is 43.7 Å². The van der Waals surface area contributed by atoms with Crippen molar-refractivity contribution in [2.75, 3.05) is 12.8 Å². The van der Waals surface area contributed by atoms with Crippen LogP contribution in [0.1, 0.15) is 44.0 Å². The Hall–Kier alpha value is -3.19. The molecule has 0 unspecified atom stereocenters. The molecule has 3 heterocycles. The van der Waals surface area contributed by atoms with Crippen molar-refractivity contribution in [2.45, 2.75) is 52.1 Å². The van der Waals surface area contributed by atoms with Gasteiger partial charge in [0, 0.05) is 40.7 Å². The van der Waals surface area contributed by atoms with Gasteiger partial charge in [0.15, 0.2) is 5.65 Å². The number of ketones is 1. The number of aryl methyl sites for hydroxylation is 1. The number of aromatic nitrogens is 4. The fourth-order valence-corrected chi connectivity index (χ4v) is 5.10. The van der Waals surface area contributed by atoms with Crippen LogP contribution in [0.4, 0.5) is 5.82 Å². The first-order chi connectivity index (χ1) is 15.4. The topological polar surface area (TPSA) is 104 Å².